The molecule has 1 aliphatic heterocycles. The average Bonchev–Trinajstić information content (AvgIpc) is 3.49. The molecule has 3 heterocycles. The summed E-state index contributed by atoms with van der Waals surface area (Å²) in [7, 11) is 0. The van der Waals surface area contributed by atoms with Crippen LogP contribution in [0.5, 0.6) is 0 Å². The highest BCUT2D eigenvalue weighted by atomic mass is 19.1. The van der Waals surface area contributed by atoms with Crippen LogP contribution in [0.1, 0.15) is 43.1 Å². The van der Waals surface area contributed by atoms with Gasteiger partial charge in [-0.15, -0.1) is 0 Å². The van der Waals surface area contributed by atoms with E-state index in [9.17, 15) is 23.2 Å². The summed E-state index contributed by atoms with van der Waals surface area (Å²) in [6, 6.07) is 1.12. The molecule has 2 aromatic rings. The van der Waals surface area contributed by atoms with Crippen LogP contribution in [0.15, 0.2) is 17.1 Å². The van der Waals surface area contributed by atoms with E-state index in [1.807, 2.05) is 0 Å². The number of rotatable bonds is 6. The molecule has 0 aromatic carbocycles. The van der Waals surface area contributed by atoms with Crippen LogP contribution in [-0.4, -0.2) is 53.8 Å². The van der Waals surface area contributed by atoms with Crippen molar-refractivity contribution >= 4 is 28.7 Å². The van der Waals surface area contributed by atoms with Crippen molar-refractivity contribution in [2.24, 2.45) is 5.92 Å². The van der Waals surface area contributed by atoms with Gasteiger partial charge in [-0.3, -0.25) is 9.59 Å². The minimum Gasteiger partial charge on any atom is -0.462 e. The summed E-state index contributed by atoms with van der Waals surface area (Å²) < 4.78 is 36.1. The number of fused-ring (bicyclic) bond motifs is 1. The van der Waals surface area contributed by atoms with Gasteiger partial charge in [0.15, 0.2) is 11.6 Å². The Morgan fingerprint density at radius 2 is 2.06 bits per heavy atom. The topological polar surface area (TPSA) is 93.5 Å². The second kappa shape index (κ2) is 8.24. The SMILES string of the molecule is CCOC(=O)c1cn(C2CC2)c2nc(N3C[C@@H](CNC(C)=O)[C@H](F)C3)c(F)cc2c1=O. The Morgan fingerprint density at radius 3 is 2.71 bits per heavy atom. The van der Waals surface area contributed by atoms with Gasteiger partial charge in [0.05, 0.1) is 18.5 Å². The van der Waals surface area contributed by atoms with Gasteiger partial charge in [-0.1, -0.05) is 0 Å². The first-order valence-corrected chi connectivity index (χ1v) is 10.4. The molecule has 0 unspecified atom stereocenters. The fourth-order valence-corrected chi connectivity index (χ4v) is 3.92. The number of ether oxygens (including phenoxy) is 1. The summed E-state index contributed by atoms with van der Waals surface area (Å²) in [6.07, 6.45) is 1.88. The molecule has 2 aliphatic rings. The van der Waals surface area contributed by atoms with Crippen LogP contribution in [-0.2, 0) is 9.53 Å². The maximum atomic E-state index is 15.0. The zero-order valence-electron chi connectivity index (χ0n) is 17.4. The zero-order chi connectivity index (χ0) is 22.3. The van der Waals surface area contributed by atoms with E-state index >= 15 is 0 Å². The molecule has 166 valence electrons. The first kappa shape index (κ1) is 21.2. The third kappa shape index (κ3) is 4.11. The van der Waals surface area contributed by atoms with Crippen molar-refractivity contribution in [1.82, 2.24) is 14.9 Å². The van der Waals surface area contributed by atoms with Gasteiger partial charge in [-0.2, -0.15) is 0 Å². The number of anilines is 1. The predicted octanol–water partition coefficient (Wildman–Crippen LogP) is 1.96. The molecule has 1 aliphatic carbocycles. The lowest BCUT2D eigenvalue weighted by atomic mass is 10.1. The molecule has 8 nitrogen and oxygen atoms in total. The number of pyridine rings is 2. The van der Waals surface area contributed by atoms with E-state index in [2.05, 4.69) is 10.3 Å². The lowest BCUT2D eigenvalue weighted by molar-refractivity contribution is -0.119. The van der Waals surface area contributed by atoms with Gasteiger partial charge in [0.2, 0.25) is 11.3 Å². The zero-order valence-corrected chi connectivity index (χ0v) is 17.4. The molecule has 2 aromatic heterocycles. The van der Waals surface area contributed by atoms with Crippen LogP contribution in [0.4, 0.5) is 14.6 Å². The molecule has 4 rings (SSSR count). The molecule has 31 heavy (non-hydrogen) atoms. The summed E-state index contributed by atoms with van der Waals surface area (Å²) in [6.45, 7) is 3.38. The fraction of sp³-hybridized carbons (Fsp3) is 0.524. The molecule has 2 fully saturated rings. The monoisotopic (exact) mass is 434 g/mol. The highest BCUT2D eigenvalue weighted by molar-refractivity contribution is 5.93. The Kier molecular flexibility index (Phi) is 5.63. The van der Waals surface area contributed by atoms with Crippen LogP contribution >= 0.6 is 0 Å². The van der Waals surface area contributed by atoms with Crippen LogP contribution in [0, 0.1) is 11.7 Å². The van der Waals surface area contributed by atoms with Crippen molar-refractivity contribution in [2.75, 3.05) is 31.1 Å². The minimum atomic E-state index is -1.25. The predicted molar refractivity (Wildman–Crippen MR) is 109 cm³/mol. The second-order valence-corrected chi connectivity index (χ2v) is 8.01. The van der Waals surface area contributed by atoms with Gasteiger partial charge < -0.3 is 19.5 Å². The molecular weight excluding hydrogens is 410 g/mol. The number of hydrogen-bond acceptors (Lipinski definition) is 6. The Balaban J connectivity index is 1.74. The van der Waals surface area contributed by atoms with Crippen LogP contribution in [0.3, 0.4) is 0 Å². The molecular formula is C21H24F2N4O4. The molecule has 1 saturated heterocycles. The van der Waals surface area contributed by atoms with E-state index in [0.717, 1.165) is 18.9 Å². The summed E-state index contributed by atoms with van der Waals surface area (Å²) in [5.74, 6) is -2.31. The van der Waals surface area contributed by atoms with E-state index < -0.39 is 29.3 Å². The van der Waals surface area contributed by atoms with Gasteiger partial charge in [-0.25, -0.2) is 18.6 Å². The number of carbonyl (C=O) groups excluding carboxylic acids is 2. The van der Waals surface area contributed by atoms with E-state index in [1.54, 1.807) is 11.5 Å². The van der Waals surface area contributed by atoms with Crippen molar-refractivity contribution in [2.45, 2.75) is 38.9 Å². The molecule has 1 saturated carbocycles. The van der Waals surface area contributed by atoms with Crippen LogP contribution < -0.4 is 15.6 Å². The number of esters is 1. The van der Waals surface area contributed by atoms with E-state index in [4.69, 9.17) is 4.74 Å². The number of aromatic nitrogens is 2. The number of carbonyl (C=O) groups is 2. The standard InChI is InChI=1S/C21H24F2N4O4/c1-3-31-21(30)15-9-27(13-4-5-13)19-14(18(15)29)6-16(22)20(25-19)26-8-12(17(23)10-26)7-24-11(2)28/h6,9,12-13,17H,3-5,7-8,10H2,1-2H3,(H,24,28)/t12-,17-/m1/s1. The fourth-order valence-electron chi connectivity index (χ4n) is 3.92. The smallest absolute Gasteiger partial charge is 0.343 e. The van der Waals surface area contributed by atoms with Crippen molar-refractivity contribution in [3.63, 3.8) is 0 Å². The van der Waals surface area contributed by atoms with Crippen molar-refractivity contribution in [3.8, 4) is 0 Å². The first-order chi connectivity index (χ1) is 14.8. The van der Waals surface area contributed by atoms with Crippen molar-refractivity contribution < 1.29 is 23.1 Å². The summed E-state index contributed by atoms with van der Waals surface area (Å²) in [5, 5.41) is 2.58. The lowest BCUT2D eigenvalue weighted by Crippen LogP contribution is -2.31. The van der Waals surface area contributed by atoms with E-state index in [-0.39, 0.29) is 60.6 Å². The summed E-state index contributed by atoms with van der Waals surface area (Å²) in [5.41, 5.74) is -0.537. The highest BCUT2D eigenvalue weighted by Gasteiger charge is 2.36. The van der Waals surface area contributed by atoms with Gasteiger partial charge in [-0.05, 0) is 25.8 Å². The van der Waals surface area contributed by atoms with Crippen LogP contribution in [0.25, 0.3) is 11.0 Å². The quantitative estimate of drug-likeness (QED) is 0.699. The third-order valence-electron chi connectivity index (χ3n) is 5.65. The normalized spacial score (nSPS) is 20.8. The Labute approximate surface area is 177 Å². The number of amides is 1. The molecule has 2 atom stereocenters. The van der Waals surface area contributed by atoms with Gasteiger partial charge in [0, 0.05) is 38.2 Å². The molecule has 0 spiro atoms. The molecule has 0 bridgehead atoms. The summed E-state index contributed by atoms with van der Waals surface area (Å²) >= 11 is 0. The lowest BCUT2D eigenvalue weighted by Gasteiger charge is -2.20. The molecule has 1 amide bonds. The Bertz CT molecular complexity index is 1100. The van der Waals surface area contributed by atoms with E-state index in [1.165, 1.54) is 18.0 Å². The largest absolute Gasteiger partial charge is 0.462 e. The Morgan fingerprint density at radius 1 is 1.32 bits per heavy atom. The minimum absolute atomic E-state index is 0.00973. The van der Waals surface area contributed by atoms with Crippen molar-refractivity contribution in [3.05, 3.63) is 33.9 Å². The van der Waals surface area contributed by atoms with Crippen LogP contribution in [0.2, 0.25) is 0 Å². The number of nitrogens with zero attached hydrogens (tertiary/aromatic N) is 3. The number of hydrogen-bond donors (Lipinski definition) is 1. The maximum Gasteiger partial charge on any atom is 0.343 e. The highest BCUT2D eigenvalue weighted by Crippen LogP contribution is 2.37. The van der Waals surface area contributed by atoms with Gasteiger partial charge in [0.25, 0.3) is 0 Å². The van der Waals surface area contributed by atoms with E-state index in [0.29, 0.717) is 0 Å². The van der Waals surface area contributed by atoms with Gasteiger partial charge in [0.1, 0.15) is 17.4 Å². The number of halogens is 2. The number of alkyl halides is 1. The summed E-state index contributed by atoms with van der Waals surface area (Å²) in [4.78, 5) is 42.1. The maximum absolute atomic E-state index is 15.0. The third-order valence-corrected chi connectivity index (χ3v) is 5.65. The molecule has 0 radical (unpaired) electrons. The van der Waals surface area contributed by atoms with Crippen molar-refractivity contribution in [1.29, 1.82) is 0 Å². The first-order valence-electron chi connectivity index (χ1n) is 10.4. The van der Waals surface area contributed by atoms with Gasteiger partial charge >= 0.3 is 5.97 Å². The second-order valence-electron chi connectivity index (χ2n) is 8.01. The number of nitrogens with one attached hydrogen (secondary N) is 1. The average molecular weight is 434 g/mol. The Hall–Kier alpha value is -3.04. The molecule has 1 N–H and O–H groups in total. The molecule has 10 heteroatoms.